The number of amides is 1. The summed E-state index contributed by atoms with van der Waals surface area (Å²) in [4.78, 5) is 14.7. The van der Waals surface area contributed by atoms with E-state index in [1.54, 1.807) is 0 Å². The van der Waals surface area contributed by atoms with Crippen LogP contribution in [0.4, 0.5) is 0 Å². The third kappa shape index (κ3) is 3.16. The van der Waals surface area contributed by atoms with Crippen LogP contribution in [0, 0.1) is 0 Å². The molecule has 1 heterocycles. The quantitative estimate of drug-likeness (QED) is 0.885. The van der Waals surface area contributed by atoms with Gasteiger partial charge in [0.2, 0.25) is 0 Å². The van der Waals surface area contributed by atoms with Gasteiger partial charge in [-0.05, 0) is 43.7 Å². The van der Waals surface area contributed by atoms with E-state index in [-0.39, 0.29) is 12.5 Å². The molecule has 0 saturated carbocycles. The molecular weight excluding hydrogens is 238 g/mol. The summed E-state index contributed by atoms with van der Waals surface area (Å²) in [5.41, 5.74) is 1.97. The SMILES string of the molecule is CCc1ccccc1C(=O)N1CCCC1CCCO. The van der Waals surface area contributed by atoms with E-state index in [1.807, 2.05) is 29.2 Å². The van der Waals surface area contributed by atoms with Gasteiger partial charge in [-0.25, -0.2) is 0 Å². The summed E-state index contributed by atoms with van der Waals surface area (Å²) in [7, 11) is 0. The van der Waals surface area contributed by atoms with E-state index >= 15 is 0 Å². The predicted octanol–water partition coefficient (Wildman–Crippen LogP) is 2.63. The highest BCUT2D eigenvalue weighted by molar-refractivity contribution is 5.96. The molecule has 104 valence electrons. The molecule has 0 aliphatic carbocycles. The number of hydrogen-bond donors (Lipinski definition) is 1. The lowest BCUT2D eigenvalue weighted by Crippen LogP contribution is -2.36. The largest absolute Gasteiger partial charge is 0.396 e. The van der Waals surface area contributed by atoms with Crippen molar-refractivity contribution in [1.82, 2.24) is 4.90 Å². The Balaban J connectivity index is 2.13. The fraction of sp³-hybridized carbons (Fsp3) is 0.562. The Morgan fingerprint density at radius 2 is 2.21 bits per heavy atom. The van der Waals surface area contributed by atoms with Crippen LogP contribution in [0.1, 0.15) is 48.5 Å². The molecule has 1 fully saturated rings. The molecule has 1 N–H and O–H groups in total. The lowest BCUT2D eigenvalue weighted by Gasteiger charge is -2.25. The molecule has 3 heteroatoms. The van der Waals surface area contributed by atoms with Gasteiger partial charge in [0.25, 0.3) is 5.91 Å². The van der Waals surface area contributed by atoms with Crippen LogP contribution in [0.25, 0.3) is 0 Å². The summed E-state index contributed by atoms with van der Waals surface area (Å²) in [6.45, 7) is 3.15. The van der Waals surface area contributed by atoms with Crippen LogP contribution in [0.3, 0.4) is 0 Å². The second-order valence-corrected chi connectivity index (χ2v) is 5.17. The average Bonchev–Trinajstić information content (AvgIpc) is 2.92. The van der Waals surface area contributed by atoms with E-state index in [2.05, 4.69) is 6.92 Å². The van der Waals surface area contributed by atoms with Crippen molar-refractivity contribution in [2.45, 2.75) is 45.1 Å². The average molecular weight is 261 g/mol. The van der Waals surface area contributed by atoms with Crippen LogP contribution in [-0.4, -0.2) is 35.1 Å². The minimum absolute atomic E-state index is 0.165. The van der Waals surface area contributed by atoms with E-state index in [4.69, 9.17) is 5.11 Å². The van der Waals surface area contributed by atoms with Crippen molar-refractivity contribution >= 4 is 5.91 Å². The van der Waals surface area contributed by atoms with E-state index < -0.39 is 0 Å². The van der Waals surface area contributed by atoms with Gasteiger partial charge in [0.1, 0.15) is 0 Å². The predicted molar refractivity (Wildman–Crippen MR) is 76.2 cm³/mol. The summed E-state index contributed by atoms with van der Waals surface area (Å²) in [6.07, 6.45) is 4.73. The highest BCUT2D eigenvalue weighted by atomic mass is 16.3. The van der Waals surface area contributed by atoms with Crippen LogP contribution in [0.15, 0.2) is 24.3 Å². The highest BCUT2D eigenvalue weighted by Crippen LogP contribution is 2.24. The fourth-order valence-corrected chi connectivity index (χ4v) is 2.92. The van der Waals surface area contributed by atoms with Crippen molar-refractivity contribution in [3.63, 3.8) is 0 Å². The molecule has 1 amide bonds. The van der Waals surface area contributed by atoms with Gasteiger partial charge in [-0.15, -0.1) is 0 Å². The molecule has 1 atom stereocenters. The molecule has 0 radical (unpaired) electrons. The zero-order chi connectivity index (χ0) is 13.7. The van der Waals surface area contributed by atoms with Crippen LogP contribution < -0.4 is 0 Å². The first-order valence-corrected chi connectivity index (χ1v) is 7.27. The van der Waals surface area contributed by atoms with Gasteiger partial charge < -0.3 is 10.0 Å². The summed E-state index contributed by atoms with van der Waals surface area (Å²) in [5.74, 6) is 0.165. The van der Waals surface area contributed by atoms with Gasteiger partial charge in [-0.2, -0.15) is 0 Å². The van der Waals surface area contributed by atoms with Crippen molar-refractivity contribution in [2.24, 2.45) is 0 Å². The number of aliphatic hydroxyl groups is 1. The third-order valence-corrected chi connectivity index (χ3v) is 3.96. The van der Waals surface area contributed by atoms with Crippen molar-refractivity contribution < 1.29 is 9.90 Å². The first-order valence-electron chi connectivity index (χ1n) is 7.27. The number of likely N-dealkylation sites (tertiary alicyclic amines) is 1. The maximum absolute atomic E-state index is 12.7. The minimum atomic E-state index is 0.165. The van der Waals surface area contributed by atoms with Gasteiger partial charge >= 0.3 is 0 Å². The molecule has 2 rings (SSSR count). The number of nitrogens with zero attached hydrogens (tertiary/aromatic N) is 1. The topological polar surface area (TPSA) is 40.5 Å². The first kappa shape index (κ1) is 14.1. The summed E-state index contributed by atoms with van der Waals surface area (Å²) in [6, 6.07) is 8.20. The Morgan fingerprint density at radius 3 is 2.95 bits per heavy atom. The molecular formula is C16H23NO2. The molecule has 1 unspecified atom stereocenters. The highest BCUT2D eigenvalue weighted by Gasteiger charge is 2.29. The fourth-order valence-electron chi connectivity index (χ4n) is 2.92. The summed E-state index contributed by atoms with van der Waals surface area (Å²) >= 11 is 0. The van der Waals surface area contributed by atoms with Crippen LogP contribution in [-0.2, 0) is 6.42 Å². The van der Waals surface area contributed by atoms with Crippen molar-refractivity contribution in [3.8, 4) is 0 Å². The second-order valence-electron chi connectivity index (χ2n) is 5.17. The Bertz CT molecular complexity index is 431. The first-order chi connectivity index (χ1) is 9.27. The Hall–Kier alpha value is -1.35. The van der Waals surface area contributed by atoms with E-state index in [1.165, 1.54) is 0 Å². The van der Waals surface area contributed by atoms with E-state index in [9.17, 15) is 4.79 Å². The minimum Gasteiger partial charge on any atom is -0.396 e. The van der Waals surface area contributed by atoms with Gasteiger partial charge in [0.05, 0.1) is 0 Å². The number of aliphatic hydroxyl groups excluding tert-OH is 1. The number of aryl methyl sites for hydroxylation is 1. The zero-order valence-electron chi connectivity index (χ0n) is 11.6. The molecule has 0 spiro atoms. The Morgan fingerprint density at radius 1 is 1.42 bits per heavy atom. The number of hydrogen-bond acceptors (Lipinski definition) is 2. The molecule has 1 aromatic rings. The zero-order valence-corrected chi connectivity index (χ0v) is 11.6. The van der Waals surface area contributed by atoms with Gasteiger partial charge in [0.15, 0.2) is 0 Å². The van der Waals surface area contributed by atoms with E-state index in [0.717, 1.165) is 49.8 Å². The maximum Gasteiger partial charge on any atom is 0.254 e. The number of rotatable bonds is 5. The normalized spacial score (nSPS) is 18.8. The van der Waals surface area contributed by atoms with Gasteiger partial charge in [-0.1, -0.05) is 25.1 Å². The standard InChI is InChI=1S/C16H23NO2/c1-2-13-7-3-4-10-15(13)16(19)17-11-5-8-14(17)9-6-12-18/h3-4,7,10,14,18H,2,5-6,8-9,11-12H2,1H3. The molecule has 1 saturated heterocycles. The lowest BCUT2D eigenvalue weighted by atomic mass is 10.0. The third-order valence-electron chi connectivity index (χ3n) is 3.96. The summed E-state index contributed by atoms with van der Waals surface area (Å²) < 4.78 is 0. The smallest absolute Gasteiger partial charge is 0.254 e. The number of carbonyl (C=O) groups is 1. The molecule has 0 bridgehead atoms. The Kier molecular flexibility index (Phi) is 4.97. The molecule has 0 aromatic heterocycles. The van der Waals surface area contributed by atoms with Gasteiger partial charge in [-0.3, -0.25) is 4.79 Å². The Labute approximate surface area is 115 Å². The molecule has 1 aromatic carbocycles. The number of benzene rings is 1. The van der Waals surface area contributed by atoms with Crippen LogP contribution in [0.2, 0.25) is 0 Å². The van der Waals surface area contributed by atoms with Crippen molar-refractivity contribution in [3.05, 3.63) is 35.4 Å². The second kappa shape index (κ2) is 6.71. The molecule has 3 nitrogen and oxygen atoms in total. The molecule has 19 heavy (non-hydrogen) atoms. The van der Waals surface area contributed by atoms with Crippen molar-refractivity contribution in [2.75, 3.05) is 13.2 Å². The molecule has 1 aliphatic heterocycles. The molecule has 1 aliphatic rings. The van der Waals surface area contributed by atoms with Crippen LogP contribution >= 0.6 is 0 Å². The summed E-state index contributed by atoms with van der Waals surface area (Å²) in [5, 5.41) is 8.95. The van der Waals surface area contributed by atoms with Crippen LogP contribution in [0.5, 0.6) is 0 Å². The van der Waals surface area contributed by atoms with E-state index in [0.29, 0.717) is 6.04 Å². The van der Waals surface area contributed by atoms with Crippen molar-refractivity contribution in [1.29, 1.82) is 0 Å². The number of carbonyl (C=O) groups excluding carboxylic acids is 1. The lowest BCUT2D eigenvalue weighted by molar-refractivity contribution is 0.0723. The van der Waals surface area contributed by atoms with Gasteiger partial charge in [0, 0.05) is 24.8 Å². The monoisotopic (exact) mass is 261 g/mol. The maximum atomic E-state index is 12.7.